The van der Waals surface area contributed by atoms with Gasteiger partial charge in [0.05, 0.1) is 0 Å². The third-order valence-electron chi connectivity index (χ3n) is 0. The second-order valence-corrected chi connectivity index (χ2v) is 3.03. The Hall–Kier alpha value is 1.65. The zero-order valence-electron chi connectivity index (χ0n) is 3.69. The molecule has 0 N–H and O–H groups in total. The molecule has 0 aliphatic heterocycles. The zero-order chi connectivity index (χ0) is 3.58. The van der Waals surface area contributed by atoms with Gasteiger partial charge in [-0.25, -0.2) is 0 Å². The molecule has 0 heterocycles. The minimum atomic E-state index is 0. The fourth-order valence-electron chi connectivity index (χ4n) is 0. The van der Waals surface area contributed by atoms with E-state index < -0.39 is 0 Å². The topological polar surface area (TPSA) is 0 Å². The molecular formula is C3H9ClLiMg+. The summed E-state index contributed by atoms with van der Waals surface area (Å²) in [5, 5.41) is 0. The molecule has 0 aliphatic carbocycles. The van der Waals surface area contributed by atoms with E-state index in [0.29, 0.717) is 0 Å². The van der Waals surface area contributed by atoms with Crippen molar-refractivity contribution in [1.29, 1.82) is 0 Å². The molecule has 0 bridgehead atoms. The van der Waals surface area contributed by atoms with Crippen LogP contribution >= 0.6 is 12.4 Å². The van der Waals surface area contributed by atoms with Gasteiger partial charge in [-0.05, 0) is 0 Å². The van der Waals surface area contributed by atoms with Crippen molar-refractivity contribution in [2.75, 3.05) is 0 Å². The average Bonchev–Trinajstić information content (AvgIpc) is 0.811. The van der Waals surface area contributed by atoms with E-state index in [1.165, 1.54) is 0 Å². The van der Waals surface area contributed by atoms with Gasteiger partial charge in [-0.15, -0.1) is 12.4 Å². The van der Waals surface area contributed by atoms with Crippen LogP contribution in [-0.4, -0.2) is 40.6 Å². The van der Waals surface area contributed by atoms with E-state index in [-0.39, 0.29) is 31.3 Å². The van der Waals surface area contributed by atoms with Crippen LogP contribution in [0.4, 0.5) is 0 Å². The monoisotopic (exact) mass is 111 g/mol. The molecule has 6 heavy (non-hydrogen) atoms. The fraction of sp³-hybridized carbons (Fsp3) is 1.00. The van der Waals surface area contributed by atoms with E-state index in [9.17, 15) is 0 Å². The van der Waals surface area contributed by atoms with E-state index in [2.05, 4.69) is 13.8 Å². The maximum atomic E-state index is 2.18. The average molecular weight is 112 g/mol. The minimum absolute atomic E-state index is 0. The molecule has 0 aromatic carbocycles. The standard InChI is InChI=1S/C3H7.ClH.Li.Mg.H/c1-3-2;;;;/h3H,1-2H3;1H;;;/q;;;+1;. The van der Waals surface area contributed by atoms with Crippen molar-refractivity contribution < 1.29 is 0 Å². The second kappa shape index (κ2) is 9.82. The molecular weight excluding hydrogens is 103 g/mol. The van der Waals surface area contributed by atoms with Crippen LogP contribution in [-0.2, 0) is 0 Å². The van der Waals surface area contributed by atoms with E-state index >= 15 is 0 Å². The number of hydrogen-bond acceptors (Lipinski definition) is 0. The second-order valence-electron chi connectivity index (χ2n) is 1.39. The number of rotatable bonds is 0. The molecule has 0 aromatic rings. The molecule has 0 aromatic heterocycles. The molecule has 0 radical (unpaired) electrons. The van der Waals surface area contributed by atoms with Crippen LogP contribution in [0.1, 0.15) is 13.8 Å². The molecule has 0 aliphatic rings. The third-order valence-corrected chi connectivity index (χ3v) is 0. The van der Waals surface area contributed by atoms with Crippen LogP contribution in [0, 0.1) is 0 Å². The van der Waals surface area contributed by atoms with Gasteiger partial charge in [-0.2, -0.15) is 0 Å². The molecule has 0 nitrogen and oxygen atoms in total. The first-order valence-electron chi connectivity index (χ1n) is 1.56. The van der Waals surface area contributed by atoms with Gasteiger partial charge in [0.2, 0.25) is 0 Å². The van der Waals surface area contributed by atoms with Crippen LogP contribution in [0.2, 0.25) is 4.05 Å². The van der Waals surface area contributed by atoms with Gasteiger partial charge in [0, 0.05) is 0 Å². The van der Waals surface area contributed by atoms with Gasteiger partial charge in [0.15, 0.2) is 0 Å². The van der Waals surface area contributed by atoms with Gasteiger partial charge in [-0.3, -0.25) is 0 Å². The van der Waals surface area contributed by atoms with Gasteiger partial charge in [0.1, 0.15) is 0 Å². The van der Waals surface area contributed by atoms with Gasteiger partial charge in [-0.1, -0.05) is 0 Å². The number of hydrogen-bond donors (Lipinski definition) is 0. The molecule has 3 heteroatoms. The summed E-state index contributed by atoms with van der Waals surface area (Å²) in [6.45, 7) is 4.36. The van der Waals surface area contributed by atoms with Crippen molar-refractivity contribution in [2.45, 2.75) is 17.9 Å². The molecule has 0 fully saturated rings. The van der Waals surface area contributed by atoms with E-state index in [4.69, 9.17) is 0 Å². The van der Waals surface area contributed by atoms with E-state index in [1.807, 2.05) is 21.7 Å². The Morgan fingerprint density at radius 1 is 1.33 bits per heavy atom. The van der Waals surface area contributed by atoms with Crippen molar-refractivity contribution >= 4 is 53.0 Å². The maximum absolute atomic E-state index is 2.18. The molecule has 30 valence electrons. The molecule has 0 unspecified atom stereocenters. The molecule has 0 amide bonds. The Balaban J connectivity index is -0.0000000450. The van der Waals surface area contributed by atoms with Gasteiger partial charge in [0.25, 0.3) is 0 Å². The summed E-state index contributed by atoms with van der Waals surface area (Å²) in [4.78, 5) is 0. The van der Waals surface area contributed by atoms with Crippen molar-refractivity contribution in [3.63, 3.8) is 0 Å². The zero-order valence-corrected chi connectivity index (χ0v) is 5.92. The molecule has 0 saturated carbocycles. The summed E-state index contributed by atoms with van der Waals surface area (Å²) in [6, 6.07) is 0. The summed E-state index contributed by atoms with van der Waals surface area (Å²) < 4.78 is 0.861. The Morgan fingerprint density at radius 2 is 1.33 bits per heavy atom. The van der Waals surface area contributed by atoms with Crippen LogP contribution in [0.15, 0.2) is 0 Å². The van der Waals surface area contributed by atoms with Crippen LogP contribution in [0.3, 0.4) is 0 Å². The van der Waals surface area contributed by atoms with Crippen LogP contribution < -0.4 is 0 Å². The summed E-state index contributed by atoms with van der Waals surface area (Å²) in [6.07, 6.45) is 0. The summed E-state index contributed by atoms with van der Waals surface area (Å²) in [5.74, 6) is 0. The molecule has 0 spiro atoms. The fourth-order valence-corrected chi connectivity index (χ4v) is 0. The SMILES string of the molecule is C[CH](C)[Mg+].Cl.[LiH]. The Bertz CT molecular complexity index is 15.5. The van der Waals surface area contributed by atoms with Crippen LogP contribution in [0.5, 0.6) is 0 Å². The molecule has 0 atom stereocenters. The quantitative estimate of drug-likeness (QED) is 0.405. The summed E-state index contributed by atoms with van der Waals surface area (Å²) in [7, 11) is 0. The van der Waals surface area contributed by atoms with Crippen molar-refractivity contribution in [3.8, 4) is 0 Å². The first kappa shape index (κ1) is 15.6. The van der Waals surface area contributed by atoms with Crippen molar-refractivity contribution in [1.82, 2.24) is 0 Å². The first-order valence-corrected chi connectivity index (χ1v) is 2.38. The van der Waals surface area contributed by atoms with Crippen molar-refractivity contribution in [3.05, 3.63) is 0 Å². The van der Waals surface area contributed by atoms with Crippen LogP contribution in [0.25, 0.3) is 0 Å². The third kappa shape index (κ3) is 44.8. The van der Waals surface area contributed by atoms with E-state index in [0.717, 1.165) is 4.05 Å². The van der Waals surface area contributed by atoms with E-state index in [1.54, 1.807) is 0 Å². The Labute approximate surface area is 70.5 Å². The molecule has 0 saturated heterocycles. The predicted molar refractivity (Wildman–Crippen MR) is 35.2 cm³/mol. The normalized spacial score (nSPS) is 6.17. The number of halogens is 1. The van der Waals surface area contributed by atoms with Crippen molar-refractivity contribution in [2.24, 2.45) is 0 Å². The Kier molecular flexibility index (Phi) is 25.6. The first-order chi connectivity index (χ1) is 1.73. The summed E-state index contributed by atoms with van der Waals surface area (Å²) in [5.41, 5.74) is 0. The van der Waals surface area contributed by atoms with Gasteiger partial charge >= 0.3 is 58.5 Å². The Morgan fingerprint density at radius 3 is 1.33 bits per heavy atom. The predicted octanol–water partition coefficient (Wildman–Crippen LogP) is 0.756. The van der Waals surface area contributed by atoms with Gasteiger partial charge < -0.3 is 0 Å². The summed E-state index contributed by atoms with van der Waals surface area (Å²) >= 11 is 2.00. The molecule has 0 rings (SSSR count).